The Morgan fingerprint density at radius 1 is 1.35 bits per heavy atom. The number of urea groups is 1. The van der Waals surface area contributed by atoms with Gasteiger partial charge in [0.1, 0.15) is 18.3 Å². The van der Waals surface area contributed by atoms with Gasteiger partial charge in [0.2, 0.25) is 0 Å². The SMILES string of the molecule is CCOC(=O)C1=C(C[NH+]2C[C@@H](C)C[C@H](C)C2)NC(=O)N[C@H]1c1ccco1. The quantitative estimate of drug-likeness (QED) is 0.683. The summed E-state index contributed by atoms with van der Waals surface area (Å²) in [5.41, 5.74) is 1.06. The van der Waals surface area contributed by atoms with Crippen LogP contribution in [0.15, 0.2) is 34.1 Å². The Kier molecular flexibility index (Phi) is 5.66. The van der Waals surface area contributed by atoms with Crippen molar-refractivity contribution in [2.45, 2.75) is 33.2 Å². The van der Waals surface area contributed by atoms with Crippen LogP contribution in [0, 0.1) is 11.8 Å². The highest BCUT2D eigenvalue weighted by atomic mass is 16.5. The molecule has 0 aliphatic carbocycles. The van der Waals surface area contributed by atoms with Gasteiger partial charge in [0.25, 0.3) is 0 Å². The van der Waals surface area contributed by atoms with Crippen LogP contribution >= 0.6 is 0 Å². The Morgan fingerprint density at radius 3 is 2.69 bits per heavy atom. The summed E-state index contributed by atoms with van der Waals surface area (Å²) in [5.74, 6) is 1.35. The minimum absolute atomic E-state index is 0.277. The van der Waals surface area contributed by atoms with Crippen LogP contribution in [0.4, 0.5) is 4.79 Å². The van der Waals surface area contributed by atoms with Gasteiger partial charge in [0, 0.05) is 11.8 Å². The van der Waals surface area contributed by atoms with E-state index >= 15 is 0 Å². The predicted molar refractivity (Wildman–Crippen MR) is 95.3 cm³/mol. The monoisotopic (exact) mass is 362 g/mol. The van der Waals surface area contributed by atoms with Gasteiger partial charge in [-0.2, -0.15) is 0 Å². The number of quaternary nitrogens is 1. The number of rotatable bonds is 5. The lowest BCUT2D eigenvalue weighted by molar-refractivity contribution is -0.907. The van der Waals surface area contributed by atoms with E-state index in [0.29, 0.717) is 35.4 Å². The highest BCUT2D eigenvalue weighted by Crippen LogP contribution is 2.27. The molecule has 3 heterocycles. The Hall–Kier alpha value is -2.28. The lowest BCUT2D eigenvalue weighted by Crippen LogP contribution is -3.14. The van der Waals surface area contributed by atoms with E-state index in [-0.39, 0.29) is 12.6 Å². The third kappa shape index (κ3) is 4.09. The van der Waals surface area contributed by atoms with Crippen molar-refractivity contribution >= 4 is 12.0 Å². The maximum Gasteiger partial charge on any atom is 0.338 e. The van der Waals surface area contributed by atoms with E-state index < -0.39 is 12.0 Å². The van der Waals surface area contributed by atoms with Crippen molar-refractivity contribution < 1.29 is 23.6 Å². The molecule has 1 fully saturated rings. The van der Waals surface area contributed by atoms with Crippen LogP contribution in [0.2, 0.25) is 0 Å². The number of esters is 1. The van der Waals surface area contributed by atoms with Crippen LogP contribution in [-0.4, -0.2) is 38.2 Å². The number of ether oxygens (including phenoxy) is 1. The molecule has 0 spiro atoms. The number of hydrogen-bond acceptors (Lipinski definition) is 4. The largest absolute Gasteiger partial charge is 0.467 e. The normalized spacial score (nSPS) is 29.1. The molecule has 3 atom stereocenters. The smallest absolute Gasteiger partial charge is 0.338 e. The average molecular weight is 362 g/mol. The molecule has 7 nitrogen and oxygen atoms in total. The molecule has 2 aliphatic rings. The third-order valence-corrected chi connectivity index (χ3v) is 4.98. The maximum absolute atomic E-state index is 12.7. The Morgan fingerprint density at radius 2 is 2.08 bits per heavy atom. The standard InChI is InChI=1S/C19H27N3O4/c1-4-25-18(23)16-14(11-22-9-12(2)8-13(3)10-22)20-19(24)21-17(16)15-6-5-7-26-15/h5-7,12-13,17H,4,8-11H2,1-3H3,(H2,20,21,24)/p+1/t12-,13-,17-/m0/s1. The van der Waals surface area contributed by atoms with Gasteiger partial charge in [-0.1, -0.05) is 13.8 Å². The Balaban J connectivity index is 1.93. The van der Waals surface area contributed by atoms with Gasteiger partial charge in [0.05, 0.1) is 37.2 Å². The van der Waals surface area contributed by atoms with Gasteiger partial charge in [0.15, 0.2) is 0 Å². The zero-order valence-corrected chi connectivity index (χ0v) is 15.6. The van der Waals surface area contributed by atoms with Crippen LogP contribution in [0.25, 0.3) is 0 Å². The number of piperidine rings is 1. The molecule has 3 rings (SSSR count). The van der Waals surface area contributed by atoms with Crippen LogP contribution in [0.5, 0.6) is 0 Å². The Labute approximate surface area is 153 Å². The average Bonchev–Trinajstić information content (AvgIpc) is 3.07. The van der Waals surface area contributed by atoms with Crippen molar-refractivity contribution in [3.05, 3.63) is 35.4 Å². The maximum atomic E-state index is 12.7. The van der Waals surface area contributed by atoms with Crippen LogP contribution in [-0.2, 0) is 9.53 Å². The first-order valence-corrected chi connectivity index (χ1v) is 9.32. The number of carbonyl (C=O) groups is 2. The van der Waals surface area contributed by atoms with Gasteiger partial charge >= 0.3 is 12.0 Å². The van der Waals surface area contributed by atoms with Crippen molar-refractivity contribution in [3.8, 4) is 0 Å². The van der Waals surface area contributed by atoms with Crippen LogP contribution < -0.4 is 15.5 Å². The summed E-state index contributed by atoms with van der Waals surface area (Å²) >= 11 is 0. The fourth-order valence-electron chi connectivity index (χ4n) is 4.19. The molecule has 1 aromatic heterocycles. The summed E-state index contributed by atoms with van der Waals surface area (Å²) in [4.78, 5) is 26.3. The third-order valence-electron chi connectivity index (χ3n) is 4.98. The molecule has 142 valence electrons. The minimum Gasteiger partial charge on any atom is -0.467 e. The molecular weight excluding hydrogens is 334 g/mol. The van der Waals surface area contributed by atoms with Crippen molar-refractivity contribution in [2.24, 2.45) is 11.8 Å². The summed E-state index contributed by atoms with van der Waals surface area (Å²) in [6.45, 7) is 9.20. The molecule has 7 heteroatoms. The fourth-order valence-corrected chi connectivity index (χ4v) is 4.19. The molecule has 0 aromatic carbocycles. The van der Waals surface area contributed by atoms with E-state index in [1.165, 1.54) is 17.6 Å². The summed E-state index contributed by atoms with van der Waals surface area (Å²) in [7, 11) is 0. The zero-order valence-electron chi connectivity index (χ0n) is 15.6. The molecule has 3 N–H and O–H groups in total. The van der Waals surface area contributed by atoms with Gasteiger partial charge in [-0.25, -0.2) is 9.59 Å². The van der Waals surface area contributed by atoms with Crippen molar-refractivity contribution in [2.75, 3.05) is 26.2 Å². The van der Waals surface area contributed by atoms with E-state index in [2.05, 4.69) is 24.5 Å². The highest BCUT2D eigenvalue weighted by molar-refractivity contribution is 5.95. The second-order valence-corrected chi connectivity index (χ2v) is 7.44. The molecule has 2 amide bonds. The molecule has 1 saturated heterocycles. The van der Waals surface area contributed by atoms with Crippen molar-refractivity contribution in [1.29, 1.82) is 0 Å². The predicted octanol–water partition coefficient (Wildman–Crippen LogP) is 1.01. The Bertz CT molecular complexity index is 673. The molecule has 0 bridgehead atoms. The molecule has 0 saturated carbocycles. The second-order valence-electron chi connectivity index (χ2n) is 7.44. The highest BCUT2D eigenvalue weighted by Gasteiger charge is 2.37. The molecule has 0 radical (unpaired) electrons. The first kappa shape index (κ1) is 18.5. The number of nitrogens with one attached hydrogen (secondary N) is 3. The van der Waals surface area contributed by atoms with Gasteiger partial charge in [-0.05, 0) is 25.5 Å². The molecule has 0 unspecified atom stereocenters. The lowest BCUT2D eigenvalue weighted by Gasteiger charge is -2.34. The van der Waals surface area contributed by atoms with Crippen LogP contribution in [0.1, 0.15) is 39.0 Å². The molecule has 1 aromatic rings. The fraction of sp³-hybridized carbons (Fsp3) is 0.579. The van der Waals surface area contributed by atoms with E-state index in [4.69, 9.17) is 9.15 Å². The van der Waals surface area contributed by atoms with Gasteiger partial charge < -0.3 is 24.7 Å². The summed E-state index contributed by atoms with van der Waals surface area (Å²) in [5, 5.41) is 5.62. The number of hydrogen-bond donors (Lipinski definition) is 3. The lowest BCUT2D eigenvalue weighted by atomic mass is 9.91. The first-order valence-electron chi connectivity index (χ1n) is 9.32. The number of carbonyl (C=O) groups excluding carboxylic acids is 2. The molecular formula is C19H28N3O4+. The van der Waals surface area contributed by atoms with E-state index in [9.17, 15) is 9.59 Å². The molecule has 26 heavy (non-hydrogen) atoms. The van der Waals surface area contributed by atoms with E-state index in [1.54, 1.807) is 19.1 Å². The summed E-state index contributed by atoms with van der Waals surface area (Å²) in [6.07, 6.45) is 2.75. The summed E-state index contributed by atoms with van der Waals surface area (Å²) in [6, 6.07) is 2.54. The van der Waals surface area contributed by atoms with Crippen molar-refractivity contribution in [3.63, 3.8) is 0 Å². The minimum atomic E-state index is -0.633. The van der Waals surface area contributed by atoms with E-state index in [1.807, 2.05) is 0 Å². The topological polar surface area (TPSA) is 85.0 Å². The van der Waals surface area contributed by atoms with Gasteiger partial charge in [-0.15, -0.1) is 0 Å². The number of amides is 2. The summed E-state index contributed by atoms with van der Waals surface area (Å²) < 4.78 is 10.7. The van der Waals surface area contributed by atoms with E-state index in [0.717, 1.165) is 13.1 Å². The molecule has 2 aliphatic heterocycles. The first-order chi connectivity index (χ1) is 12.5. The zero-order chi connectivity index (χ0) is 18.7. The van der Waals surface area contributed by atoms with Crippen molar-refractivity contribution in [1.82, 2.24) is 10.6 Å². The van der Waals surface area contributed by atoms with Crippen LogP contribution in [0.3, 0.4) is 0 Å². The number of likely N-dealkylation sites (tertiary alicyclic amines) is 1. The second kappa shape index (κ2) is 7.95. The van der Waals surface area contributed by atoms with Gasteiger partial charge in [-0.3, -0.25) is 0 Å². The number of furan rings is 1.